The third-order valence-corrected chi connectivity index (χ3v) is 5.42. The highest BCUT2D eigenvalue weighted by atomic mass is 16.5. The second-order valence-corrected chi connectivity index (χ2v) is 7.65. The predicted octanol–water partition coefficient (Wildman–Crippen LogP) is 4.32. The highest BCUT2D eigenvalue weighted by Gasteiger charge is 2.46. The number of benzene rings is 1. The van der Waals surface area contributed by atoms with E-state index >= 15 is 0 Å². The Morgan fingerprint density at radius 2 is 2.00 bits per heavy atom. The van der Waals surface area contributed by atoms with Gasteiger partial charge in [0, 0.05) is 18.9 Å². The van der Waals surface area contributed by atoms with Crippen LogP contribution in [0.15, 0.2) is 42.2 Å². The van der Waals surface area contributed by atoms with Gasteiger partial charge in [-0.25, -0.2) is 0 Å². The van der Waals surface area contributed by atoms with Gasteiger partial charge in [0.2, 0.25) is 0 Å². The minimum atomic E-state index is -0.681. The summed E-state index contributed by atoms with van der Waals surface area (Å²) in [7, 11) is 1.52. The molecule has 158 valence electrons. The first kappa shape index (κ1) is 21.6. The van der Waals surface area contributed by atoms with Gasteiger partial charge in [-0.1, -0.05) is 31.9 Å². The summed E-state index contributed by atoms with van der Waals surface area (Å²) in [6.07, 6.45) is 6.01. The molecule has 1 aromatic heterocycles. The van der Waals surface area contributed by atoms with Gasteiger partial charge in [-0.3, -0.25) is 14.6 Å². The second-order valence-electron chi connectivity index (χ2n) is 7.65. The lowest BCUT2D eigenvalue weighted by molar-refractivity contribution is -0.139. The van der Waals surface area contributed by atoms with Crippen LogP contribution in [0.2, 0.25) is 0 Å². The molecule has 2 aromatic rings. The molecule has 1 unspecified atom stereocenters. The molecular formula is C24H28N2O4. The minimum absolute atomic E-state index is 0.0767. The lowest BCUT2D eigenvalue weighted by Crippen LogP contribution is -2.30. The van der Waals surface area contributed by atoms with E-state index in [0.717, 1.165) is 30.4 Å². The fraction of sp³-hybridized carbons (Fsp3) is 0.375. The second kappa shape index (κ2) is 9.11. The van der Waals surface area contributed by atoms with Gasteiger partial charge in [-0.05, 0) is 49.1 Å². The summed E-state index contributed by atoms with van der Waals surface area (Å²) in [5.41, 5.74) is 2.94. The minimum Gasteiger partial charge on any atom is -0.507 e. The van der Waals surface area contributed by atoms with E-state index in [-0.39, 0.29) is 11.3 Å². The zero-order chi connectivity index (χ0) is 21.8. The first-order valence-corrected chi connectivity index (χ1v) is 10.2. The zero-order valence-corrected chi connectivity index (χ0v) is 17.9. The molecule has 1 amide bonds. The number of nitrogens with zero attached hydrogens (tertiary/aromatic N) is 2. The van der Waals surface area contributed by atoms with E-state index in [2.05, 4.69) is 11.9 Å². The first-order chi connectivity index (χ1) is 14.4. The van der Waals surface area contributed by atoms with Crippen molar-refractivity contribution in [3.05, 3.63) is 64.5 Å². The number of rotatable bonds is 7. The molecule has 6 heteroatoms. The van der Waals surface area contributed by atoms with Gasteiger partial charge in [0.05, 0.1) is 24.3 Å². The van der Waals surface area contributed by atoms with Crippen molar-refractivity contribution in [2.45, 2.75) is 46.1 Å². The Bertz CT molecular complexity index is 982. The number of hydrogen-bond donors (Lipinski definition) is 1. The van der Waals surface area contributed by atoms with Gasteiger partial charge in [0.1, 0.15) is 11.5 Å². The monoisotopic (exact) mass is 408 g/mol. The van der Waals surface area contributed by atoms with Gasteiger partial charge >= 0.3 is 0 Å². The quantitative estimate of drug-likeness (QED) is 0.319. The van der Waals surface area contributed by atoms with Crippen LogP contribution in [0.25, 0.3) is 5.76 Å². The van der Waals surface area contributed by atoms with E-state index in [1.807, 2.05) is 26.0 Å². The molecule has 1 aromatic carbocycles. The number of pyridine rings is 1. The summed E-state index contributed by atoms with van der Waals surface area (Å²) in [5, 5.41) is 11.3. The van der Waals surface area contributed by atoms with Crippen LogP contribution in [0.4, 0.5) is 0 Å². The number of aliphatic hydroxyl groups excluding tert-OH is 1. The molecule has 1 aliphatic rings. The number of ether oxygens (including phenoxy) is 1. The van der Waals surface area contributed by atoms with Crippen LogP contribution in [0, 0.1) is 13.8 Å². The van der Waals surface area contributed by atoms with Gasteiger partial charge in [-0.2, -0.15) is 0 Å². The molecule has 0 spiro atoms. The number of amides is 1. The molecule has 1 fully saturated rings. The third kappa shape index (κ3) is 3.95. The summed E-state index contributed by atoms with van der Waals surface area (Å²) in [6, 6.07) is 6.62. The highest BCUT2D eigenvalue weighted by Crippen LogP contribution is 2.41. The van der Waals surface area contributed by atoms with Crippen molar-refractivity contribution in [1.82, 2.24) is 9.88 Å². The fourth-order valence-corrected chi connectivity index (χ4v) is 4.07. The molecule has 1 saturated heterocycles. The van der Waals surface area contributed by atoms with E-state index in [9.17, 15) is 14.7 Å². The summed E-state index contributed by atoms with van der Waals surface area (Å²) in [6.45, 7) is 6.31. The Hall–Kier alpha value is -3.15. The molecule has 3 rings (SSSR count). The van der Waals surface area contributed by atoms with Crippen molar-refractivity contribution in [3.8, 4) is 5.75 Å². The Morgan fingerprint density at radius 1 is 1.23 bits per heavy atom. The number of carbonyl (C=O) groups excluding carboxylic acids is 2. The Morgan fingerprint density at radius 3 is 2.63 bits per heavy atom. The van der Waals surface area contributed by atoms with E-state index in [1.165, 1.54) is 7.11 Å². The number of aliphatic hydroxyl groups is 1. The van der Waals surface area contributed by atoms with Gasteiger partial charge < -0.3 is 14.7 Å². The summed E-state index contributed by atoms with van der Waals surface area (Å²) < 4.78 is 5.50. The van der Waals surface area contributed by atoms with Crippen molar-refractivity contribution >= 4 is 17.4 Å². The summed E-state index contributed by atoms with van der Waals surface area (Å²) >= 11 is 0. The number of carbonyl (C=O) groups is 2. The zero-order valence-electron chi connectivity index (χ0n) is 17.9. The van der Waals surface area contributed by atoms with Gasteiger partial charge in [0.15, 0.2) is 0 Å². The maximum atomic E-state index is 13.0. The van der Waals surface area contributed by atoms with Crippen molar-refractivity contribution in [2.75, 3.05) is 13.7 Å². The van der Waals surface area contributed by atoms with Crippen molar-refractivity contribution in [3.63, 3.8) is 0 Å². The van der Waals surface area contributed by atoms with Crippen LogP contribution in [-0.2, 0) is 9.59 Å². The Kier molecular flexibility index (Phi) is 6.55. The molecule has 0 saturated carbocycles. The highest BCUT2D eigenvalue weighted by molar-refractivity contribution is 6.46. The van der Waals surface area contributed by atoms with Crippen LogP contribution in [0.3, 0.4) is 0 Å². The van der Waals surface area contributed by atoms with Gasteiger partial charge in [-0.15, -0.1) is 0 Å². The van der Waals surface area contributed by atoms with Crippen LogP contribution in [-0.4, -0.2) is 40.3 Å². The SMILES string of the molecule is CCCCCN1C(=O)C(=O)/C(=C(/O)c2cc(C)cc(C)c2OC)C1c1cccnc1. The van der Waals surface area contributed by atoms with Crippen molar-refractivity contribution in [1.29, 1.82) is 0 Å². The molecule has 1 atom stereocenters. The topological polar surface area (TPSA) is 79.7 Å². The number of aromatic nitrogens is 1. The van der Waals surface area contributed by atoms with E-state index in [1.54, 1.807) is 29.4 Å². The smallest absolute Gasteiger partial charge is 0.295 e. The molecule has 0 bridgehead atoms. The number of Topliss-reactive ketones (excluding diaryl/α,β-unsaturated/α-hetero) is 1. The average molecular weight is 408 g/mol. The molecule has 0 aliphatic carbocycles. The van der Waals surface area contributed by atoms with Crippen LogP contribution in [0.5, 0.6) is 5.75 Å². The van der Waals surface area contributed by atoms with Crippen molar-refractivity contribution < 1.29 is 19.4 Å². The lowest BCUT2D eigenvalue weighted by Gasteiger charge is -2.25. The largest absolute Gasteiger partial charge is 0.507 e. The lowest BCUT2D eigenvalue weighted by atomic mass is 9.94. The van der Waals surface area contributed by atoms with E-state index in [0.29, 0.717) is 23.4 Å². The number of hydrogen-bond acceptors (Lipinski definition) is 5. The van der Waals surface area contributed by atoms with Gasteiger partial charge in [0.25, 0.3) is 11.7 Å². The molecule has 2 heterocycles. The standard InChI is InChI=1S/C24H28N2O4/c1-5-6-7-11-26-20(17-9-8-10-25-14-17)19(22(28)24(26)29)21(27)18-13-15(2)12-16(3)23(18)30-4/h8-10,12-14,20,27H,5-7,11H2,1-4H3/b21-19+. The molecular weight excluding hydrogens is 380 g/mol. The average Bonchev–Trinajstić information content (AvgIpc) is 2.98. The number of methoxy groups -OCH3 is 1. The molecule has 6 nitrogen and oxygen atoms in total. The van der Waals surface area contributed by atoms with Crippen LogP contribution >= 0.6 is 0 Å². The third-order valence-electron chi connectivity index (χ3n) is 5.42. The van der Waals surface area contributed by atoms with Crippen LogP contribution in [0.1, 0.15) is 54.5 Å². The normalized spacial score (nSPS) is 18.1. The Labute approximate surface area is 177 Å². The Balaban J connectivity index is 2.20. The molecule has 30 heavy (non-hydrogen) atoms. The maximum absolute atomic E-state index is 13.0. The number of likely N-dealkylation sites (tertiary alicyclic amines) is 1. The van der Waals surface area contributed by atoms with E-state index in [4.69, 9.17) is 4.74 Å². The maximum Gasteiger partial charge on any atom is 0.295 e. The molecule has 0 radical (unpaired) electrons. The van der Waals surface area contributed by atoms with Crippen LogP contribution < -0.4 is 4.74 Å². The summed E-state index contributed by atoms with van der Waals surface area (Å²) in [5.74, 6) is -1.01. The number of ketones is 1. The molecule has 1 N–H and O–H groups in total. The number of aryl methyl sites for hydroxylation is 2. The molecule has 1 aliphatic heterocycles. The first-order valence-electron chi connectivity index (χ1n) is 10.2. The van der Waals surface area contributed by atoms with Crippen molar-refractivity contribution in [2.24, 2.45) is 0 Å². The number of unbranched alkanes of at least 4 members (excludes halogenated alkanes) is 2. The summed E-state index contributed by atoms with van der Waals surface area (Å²) in [4.78, 5) is 31.7. The fourth-order valence-electron chi connectivity index (χ4n) is 4.07. The predicted molar refractivity (Wildman–Crippen MR) is 115 cm³/mol. The van der Waals surface area contributed by atoms with E-state index < -0.39 is 17.7 Å².